The van der Waals surface area contributed by atoms with Crippen LogP contribution in [0.1, 0.15) is 55.2 Å². The van der Waals surface area contributed by atoms with Crippen molar-refractivity contribution in [1.29, 1.82) is 0 Å². The first-order valence-corrected chi connectivity index (χ1v) is 8.84. The lowest BCUT2D eigenvalue weighted by Crippen LogP contribution is -2.63. The fourth-order valence-corrected chi connectivity index (χ4v) is 5.73. The molecule has 1 aromatic rings. The lowest BCUT2D eigenvalue weighted by Gasteiger charge is -2.61. The molecule has 0 radical (unpaired) electrons. The molecule has 4 rings (SSSR count). The molecule has 2 saturated carbocycles. The summed E-state index contributed by atoms with van der Waals surface area (Å²) in [6.45, 7) is 4.20. The van der Waals surface area contributed by atoms with Crippen molar-refractivity contribution >= 4 is 17.2 Å². The van der Waals surface area contributed by atoms with E-state index in [0.29, 0.717) is 5.56 Å². The lowest BCUT2D eigenvalue weighted by molar-refractivity contribution is -0.137. The summed E-state index contributed by atoms with van der Waals surface area (Å²) in [5.41, 5.74) is 8.35. The van der Waals surface area contributed by atoms with Crippen LogP contribution in [0.15, 0.2) is 24.3 Å². The molecular formula is C19H23NO2S. The number of rotatable bonds is 1. The molecule has 0 heterocycles. The second kappa shape index (κ2) is 4.81. The van der Waals surface area contributed by atoms with Crippen LogP contribution < -0.4 is 5.73 Å². The number of aliphatic hydroxyl groups is 1. The number of phenolic OH excluding ortho intramolecular Hbond substituents is 1. The molecule has 23 heavy (non-hydrogen) atoms. The Bertz CT molecular complexity index is 728. The molecule has 4 heteroatoms. The van der Waals surface area contributed by atoms with Gasteiger partial charge in [0.25, 0.3) is 0 Å². The highest BCUT2D eigenvalue weighted by Gasteiger charge is 2.62. The number of hydrogen-bond acceptors (Lipinski definition) is 3. The molecule has 0 amide bonds. The maximum Gasteiger partial charge on any atom is 0.129 e. The lowest BCUT2D eigenvalue weighted by atomic mass is 9.45. The fourth-order valence-electron chi connectivity index (χ4n) is 5.57. The van der Waals surface area contributed by atoms with Gasteiger partial charge in [-0.05, 0) is 56.1 Å². The highest BCUT2D eigenvalue weighted by molar-refractivity contribution is 7.80. The summed E-state index contributed by atoms with van der Waals surface area (Å²) in [6.07, 6.45) is 6.22. The SMILES string of the molecule is C=C1CC[C@@]2(O)[C@@H]3CCC[C@@]2(C1)c1c(ccc(C(N)=S)c1O)C3. The zero-order valence-electron chi connectivity index (χ0n) is 13.3. The fraction of sp³-hybridized carbons (Fsp3) is 0.526. The van der Waals surface area contributed by atoms with E-state index in [-0.39, 0.29) is 16.7 Å². The van der Waals surface area contributed by atoms with E-state index in [4.69, 9.17) is 18.0 Å². The van der Waals surface area contributed by atoms with Crippen LogP contribution in [-0.4, -0.2) is 20.8 Å². The van der Waals surface area contributed by atoms with Gasteiger partial charge in [0.1, 0.15) is 10.7 Å². The summed E-state index contributed by atoms with van der Waals surface area (Å²) in [5, 5.41) is 22.6. The van der Waals surface area contributed by atoms with Gasteiger partial charge in [-0.15, -0.1) is 0 Å². The average molecular weight is 329 g/mol. The van der Waals surface area contributed by atoms with Gasteiger partial charge in [-0.3, -0.25) is 0 Å². The molecule has 2 fully saturated rings. The van der Waals surface area contributed by atoms with Crippen molar-refractivity contribution in [2.45, 2.75) is 56.0 Å². The van der Waals surface area contributed by atoms with E-state index in [1.807, 2.05) is 12.1 Å². The Kier molecular flexibility index (Phi) is 3.17. The quantitative estimate of drug-likeness (QED) is 0.547. The van der Waals surface area contributed by atoms with Crippen LogP contribution in [0.4, 0.5) is 0 Å². The van der Waals surface area contributed by atoms with Crippen LogP contribution in [0, 0.1) is 5.92 Å². The first-order chi connectivity index (χ1) is 10.9. The van der Waals surface area contributed by atoms with Gasteiger partial charge in [-0.2, -0.15) is 0 Å². The van der Waals surface area contributed by atoms with Crippen molar-refractivity contribution in [3.63, 3.8) is 0 Å². The Morgan fingerprint density at radius 3 is 2.87 bits per heavy atom. The van der Waals surface area contributed by atoms with Gasteiger partial charge in [0.15, 0.2) is 0 Å². The summed E-state index contributed by atoms with van der Waals surface area (Å²) < 4.78 is 0. The van der Waals surface area contributed by atoms with E-state index in [1.165, 1.54) is 5.57 Å². The number of thiocarbonyl (C=S) groups is 1. The molecule has 2 bridgehead atoms. The van der Waals surface area contributed by atoms with Crippen LogP contribution in [-0.2, 0) is 11.8 Å². The topological polar surface area (TPSA) is 66.5 Å². The van der Waals surface area contributed by atoms with Gasteiger partial charge in [0.2, 0.25) is 0 Å². The Morgan fingerprint density at radius 1 is 1.35 bits per heavy atom. The summed E-state index contributed by atoms with van der Waals surface area (Å²) in [5.74, 6) is 0.454. The number of aromatic hydroxyl groups is 1. The highest BCUT2D eigenvalue weighted by Crippen LogP contribution is 2.63. The molecule has 0 spiro atoms. The van der Waals surface area contributed by atoms with Gasteiger partial charge < -0.3 is 15.9 Å². The molecule has 3 atom stereocenters. The van der Waals surface area contributed by atoms with Crippen molar-refractivity contribution in [2.75, 3.05) is 0 Å². The van der Waals surface area contributed by atoms with E-state index in [0.717, 1.165) is 56.1 Å². The Balaban J connectivity index is 2.02. The van der Waals surface area contributed by atoms with Gasteiger partial charge in [-0.25, -0.2) is 0 Å². The van der Waals surface area contributed by atoms with E-state index in [2.05, 4.69) is 6.58 Å². The predicted molar refractivity (Wildman–Crippen MR) is 94.7 cm³/mol. The number of fused-ring (bicyclic) bond motifs is 1. The van der Waals surface area contributed by atoms with Crippen LogP contribution in [0.2, 0.25) is 0 Å². The number of nitrogens with two attached hydrogens (primary N) is 1. The third kappa shape index (κ3) is 1.82. The van der Waals surface area contributed by atoms with Crippen molar-refractivity contribution < 1.29 is 10.2 Å². The maximum absolute atomic E-state index is 11.7. The van der Waals surface area contributed by atoms with E-state index in [1.54, 1.807) is 0 Å². The van der Waals surface area contributed by atoms with Gasteiger partial charge in [0, 0.05) is 11.0 Å². The molecule has 0 aliphatic heterocycles. The monoisotopic (exact) mass is 329 g/mol. The summed E-state index contributed by atoms with van der Waals surface area (Å²) in [4.78, 5) is 0.206. The van der Waals surface area contributed by atoms with Gasteiger partial charge in [-0.1, -0.05) is 36.9 Å². The van der Waals surface area contributed by atoms with E-state index >= 15 is 0 Å². The Morgan fingerprint density at radius 2 is 2.13 bits per heavy atom. The molecule has 4 N–H and O–H groups in total. The molecule has 0 saturated heterocycles. The number of phenols is 1. The first-order valence-electron chi connectivity index (χ1n) is 8.43. The number of benzene rings is 1. The zero-order valence-corrected chi connectivity index (χ0v) is 14.1. The summed E-state index contributed by atoms with van der Waals surface area (Å²) >= 11 is 5.10. The normalized spacial score (nSPS) is 35.3. The van der Waals surface area contributed by atoms with Crippen LogP contribution in [0.5, 0.6) is 5.75 Å². The second-order valence-corrected chi connectivity index (χ2v) is 8.03. The van der Waals surface area contributed by atoms with E-state index < -0.39 is 11.0 Å². The summed E-state index contributed by atoms with van der Waals surface area (Å²) in [7, 11) is 0. The predicted octanol–water partition coefficient (Wildman–Crippen LogP) is 3.09. The molecule has 0 aromatic heterocycles. The molecule has 3 nitrogen and oxygen atoms in total. The van der Waals surface area contributed by atoms with Crippen molar-refractivity contribution in [3.05, 3.63) is 41.0 Å². The third-order valence-electron chi connectivity index (χ3n) is 6.55. The molecule has 122 valence electrons. The number of hydrogen-bond donors (Lipinski definition) is 3. The first kappa shape index (κ1) is 15.2. The molecule has 1 aromatic carbocycles. The minimum Gasteiger partial charge on any atom is -0.507 e. The molecule has 3 aliphatic carbocycles. The van der Waals surface area contributed by atoms with Crippen molar-refractivity contribution in [3.8, 4) is 5.75 Å². The minimum absolute atomic E-state index is 0.184. The number of allylic oxidation sites excluding steroid dienone is 1. The maximum atomic E-state index is 11.7. The van der Waals surface area contributed by atoms with E-state index in [9.17, 15) is 10.2 Å². The smallest absolute Gasteiger partial charge is 0.129 e. The molecule has 0 unspecified atom stereocenters. The second-order valence-electron chi connectivity index (χ2n) is 7.59. The molecule has 3 aliphatic rings. The Labute approximate surface area is 142 Å². The molecular weight excluding hydrogens is 306 g/mol. The van der Waals surface area contributed by atoms with Crippen LogP contribution in [0.25, 0.3) is 0 Å². The zero-order chi connectivity index (χ0) is 16.4. The van der Waals surface area contributed by atoms with Crippen LogP contribution in [0.3, 0.4) is 0 Å². The Hall–Kier alpha value is -1.39. The van der Waals surface area contributed by atoms with Crippen molar-refractivity contribution in [2.24, 2.45) is 11.7 Å². The van der Waals surface area contributed by atoms with Crippen molar-refractivity contribution in [1.82, 2.24) is 0 Å². The highest BCUT2D eigenvalue weighted by atomic mass is 32.1. The largest absolute Gasteiger partial charge is 0.507 e. The summed E-state index contributed by atoms with van der Waals surface area (Å²) in [6, 6.07) is 3.87. The van der Waals surface area contributed by atoms with Crippen LogP contribution >= 0.6 is 12.2 Å². The standard InChI is InChI=1S/C19H23NO2S/c1-11-6-8-19(22)13-3-2-7-18(19,10-11)15-12(9-13)4-5-14(16(15)21)17(20)23/h4-5,13,21-22H,1-3,6-10H2,(H2,20,23)/t13-,18-,19-/m1/s1. The van der Waals surface area contributed by atoms with Gasteiger partial charge >= 0.3 is 0 Å². The minimum atomic E-state index is -0.744. The van der Waals surface area contributed by atoms with Gasteiger partial charge in [0.05, 0.1) is 11.2 Å². The third-order valence-corrected chi connectivity index (χ3v) is 6.77. The average Bonchev–Trinajstić information content (AvgIpc) is 2.47.